The predicted molar refractivity (Wildman–Crippen MR) is 109 cm³/mol. The van der Waals surface area contributed by atoms with E-state index in [0.29, 0.717) is 13.0 Å². The number of carbonyl (C=O) groups is 1. The van der Waals surface area contributed by atoms with E-state index in [9.17, 15) is 4.79 Å². The number of para-hydroxylation sites is 2. The van der Waals surface area contributed by atoms with Crippen molar-refractivity contribution in [3.05, 3.63) is 60.2 Å². The molecule has 1 amide bonds. The Morgan fingerprint density at radius 1 is 1.03 bits per heavy atom. The molecule has 2 aromatic carbocycles. The summed E-state index contributed by atoms with van der Waals surface area (Å²) in [6, 6.07) is 17.7. The first kappa shape index (κ1) is 27.0. The Morgan fingerprint density at radius 2 is 1.65 bits per heavy atom. The molecule has 6 N–H and O–H groups in total. The van der Waals surface area contributed by atoms with Crippen LogP contribution in [0, 0.1) is 0 Å². The molecule has 2 heterocycles. The van der Waals surface area contributed by atoms with Gasteiger partial charge < -0.3 is 55.3 Å². The van der Waals surface area contributed by atoms with Crippen LogP contribution >= 0.6 is 0 Å². The number of piperazine rings is 1. The predicted octanol–water partition coefficient (Wildman–Crippen LogP) is -7.41. The van der Waals surface area contributed by atoms with Crippen molar-refractivity contribution >= 4 is 5.91 Å². The fraction of sp³-hybridized carbons (Fsp3) is 0.409. The summed E-state index contributed by atoms with van der Waals surface area (Å²) < 4.78 is 11.9. The molecule has 1 saturated heterocycles. The van der Waals surface area contributed by atoms with Crippen molar-refractivity contribution in [1.82, 2.24) is 4.90 Å². The van der Waals surface area contributed by atoms with E-state index in [1.165, 1.54) is 4.90 Å². The highest BCUT2D eigenvalue weighted by molar-refractivity contribution is 5.80. The minimum absolute atomic E-state index is 0. The number of fused-ring (bicyclic) bond motifs is 1. The third-order valence-electron chi connectivity index (χ3n) is 5.54. The maximum Gasteiger partial charge on any atom is 0.281 e. The number of carbonyl (C=O) groups excluding carboxylic acids is 1. The van der Waals surface area contributed by atoms with Crippen LogP contribution in [0.5, 0.6) is 11.5 Å². The van der Waals surface area contributed by atoms with Crippen molar-refractivity contribution in [1.29, 1.82) is 0 Å². The summed E-state index contributed by atoms with van der Waals surface area (Å²) in [5.41, 5.74) is 5.27. The Balaban J connectivity index is 0.00000160. The van der Waals surface area contributed by atoms with Crippen molar-refractivity contribution in [3.8, 4) is 11.5 Å². The van der Waals surface area contributed by atoms with E-state index < -0.39 is 0 Å². The highest BCUT2D eigenvalue weighted by Crippen LogP contribution is 2.30. The van der Waals surface area contributed by atoms with Gasteiger partial charge in [-0.1, -0.05) is 42.5 Å². The quantitative estimate of drug-likeness (QED) is 0.452. The van der Waals surface area contributed by atoms with E-state index >= 15 is 0 Å². The summed E-state index contributed by atoms with van der Waals surface area (Å²) in [6.45, 7) is 4.91. The van der Waals surface area contributed by atoms with Gasteiger partial charge >= 0.3 is 0 Å². The second-order valence-electron chi connectivity index (χ2n) is 7.66. The number of ether oxygens (including phenoxy) is 2. The van der Waals surface area contributed by atoms with E-state index in [1.807, 2.05) is 47.4 Å². The van der Waals surface area contributed by atoms with Gasteiger partial charge in [0.2, 0.25) is 0 Å². The van der Waals surface area contributed by atoms with Crippen LogP contribution in [0.15, 0.2) is 54.6 Å². The molecule has 9 heteroatoms. The third-order valence-corrected chi connectivity index (χ3v) is 5.54. The largest absolute Gasteiger partial charge is 1.00 e. The summed E-state index contributed by atoms with van der Waals surface area (Å²) in [5, 5.41) is 0. The molecule has 2 atom stereocenters. The van der Waals surface area contributed by atoms with Gasteiger partial charge in [-0.05, 0) is 17.7 Å². The second-order valence-corrected chi connectivity index (χ2v) is 7.66. The Labute approximate surface area is 195 Å². The minimum Gasteiger partial charge on any atom is -1.00 e. The first-order valence-corrected chi connectivity index (χ1v) is 10.1. The van der Waals surface area contributed by atoms with Crippen molar-refractivity contribution < 1.29 is 55.2 Å². The number of hydrogen-bond acceptors (Lipinski definition) is 3. The average Bonchev–Trinajstić information content (AvgIpc) is 2.74. The monoisotopic (exact) mass is 471 g/mol. The maximum atomic E-state index is 12.7. The topological polar surface area (TPSA) is 102 Å². The van der Waals surface area contributed by atoms with Crippen molar-refractivity contribution in [2.24, 2.45) is 0 Å². The zero-order valence-electron chi connectivity index (χ0n) is 17.4. The highest BCUT2D eigenvalue weighted by atomic mass is 35.5. The number of benzene rings is 2. The van der Waals surface area contributed by atoms with Gasteiger partial charge in [-0.25, -0.2) is 0 Å². The lowest BCUT2D eigenvalue weighted by Gasteiger charge is -2.35. The third kappa shape index (κ3) is 6.98. The molecule has 2 aromatic rings. The fourth-order valence-corrected chi connectivity index (χ4v) is 3.98. The van der Waals surface area contributed by atoms with Crippen LogP contribution in [0.2, 0.25) is 0 Å². The number of amides is 1. The van der Waals surface area contributed by atoms with Crippen molar-refractivity contribution in [2.75, 3.05) is 39.3 Å². The number of rotatable bonds is 5. The van der Waals surface area contributed by atoms with Gasteiger partial charge in [0.05, 0.1) is 26.2 Å². The lowest BCUT2D eigenvalue weighted by molar-refractivity contribution is -0.906. The molecule has 2 aliphatic heterocycles. The number of nitrogens with one attached hydrogen (secondary N) is 1. The Bertz CT molecular complexity index is 804. The number of hydrogen-bond donors (Lipinski definition) is 2. The fourth-order valence-electron chi connectivity index (χ4n) is 3.98. The van der Waals surface area contributed by atoms with Gasteiger partial charge in [-0.3, -0.25) is 4.79 Å². The van der Waals surface area contributed by atoms with Gasteiger partial charge in [0.1, 0.15) is 13.2 Å². The summed E-state index contributed by atoms with van der Waals surface area (Å²) in [5.74, 6) is 1.81. The molecule has 172 valence electrons. The molecule has 31 heavy (non-hydrogen) atoms. The molecule has 2 aliphatic rings. The Morgan fingerprint density at radius 3 is 2.32 bits per heavy atom. The standard InChI is InChI=1S/C22H27N3O3.2ClH.H2O/c23-19(14-17-6-2-1-3-7-17)22(26)25-12-10-24(11-13-25)15-18-16-27-20-8-4-5-9-21(20)28-18;;;/h1-9,18-19H,10-16,23H2;2*1H;1H2. The maximum absolute atomic E-state index is 12.7. The van der Waals surface area contributed by atoms with Crippen molar-refractivity contribution in [3.63, 3.8) is 0 Å². The second kappa shape index (κ2) is 12.7. The number of halogens is 2. The molecule has 0 aliphatic carbocycles. The molecule has 0 spiro atoms. The zero-order chi connectivity index (χ0) is 19.3. The first-order chi connectivity index (χ1) is 13.7. The van der Waals surface area contributed by atoms with E-state index in [-0.39, 0.29) is 48.3 Å². The lowest BCUT2D eigenvalue weighted by atomic mass is 10.1. The molecular weight excluding hydrogens is 441 g/mol. The molecule has 0 bridgehead atoms. The van der Waals surface area contributed by atoms with Gasteiger partial charge in [-0.15, -0.1) is 0 Å². The Hall–Kier alpha value is -2.03. The van der Waals surface area contributed by atoms with Crippen LogP contribution in [0.4, 0.5) is 0 Å². The van der Waals surface area contributed by atoms with Crippen LogP contribution in [-0.4, -0.2) is 67.8 Å². The highest BCUT2D eigenvalue weighted by Gasteiger charge is 2.31. The SMILES string of the molecule is O.[Cl-].[Cl-].[NH3+]C(Cc1ccccc1)C(=O)N1CC[NH+](CC2COc3ccccc3O2)CC1. The minimum atomic E-state index is -0.226. The molecule has 0 aromatic heterocycles. The van der Waals surface area contributed by atoms with E-state index in [4.69, 9.17) is 9.47 Å². The molecule has 2 unspecified atom stereocenters. The normalized spacial score (nSPS) is 18.6. The number of nitrogens with zero attached hydrogens (tertiary/aromatic N) is 1. The van der Waals surface area contributed by atoms with Crippen LogP contribution in [-0.2, 0) is 11.2 Å². The molecule has 1 fully saturated rings. The van der Waals surface area contributed by atoms with Crippen LogP contribution in [0.25, 0.3) is 0 Å². The summed E-state index contributed by atoms with van der Waals surface area (Å²) in [6.07, 6.45) is 0.755. The van der Waals surface area contributed by atoms with Crippen LogP contribution < -0.4 is 44.9 Å². The lowest BCUT2D eigenvalue weighted by Crippen LogP contribution is -3.16. The summed E-state index contributed by atoms with van der Waals surface area (Å²) in [7, 11) is 0. The smallest absolute Gasteiger partial charge is 0.281 e. The first-order valence-electron chi connectivity index (χ1n) is 10.1. The summed E-state index contributed by atoms with van der Waals surface area (Å²) in [4.78, 5) is 16.2. The average molecular weight is 472 g/mol. The molecule has 7 nitrogen and oxygen atoms in total. The molecule has 0 saturated carbocycles. The Kier molecular flexibility index (Phi) is 11.1. The van der Waals surface area contributed by atoms with E-state index in [1.54, 1.807) is 0 Å². The molecule has 4 rings (SSSR count). The molecular formula is C22H31Cl2N3O4. The van der Waals surface area contributed by atoms with Crippen molar-refractivity contribution in [2.45, 2.75) is 18.6 Å². The van der Waals surface area contributed by atoms with E-state index in [2.05, 4.69) is 17.9 Å². The van der Waals surface area contributed by atoms with Gasteiger partial charge in [0.15, 0.2) is 23.6 Å². The van der Waals surface area contributed by atoms with Crippen LogP contribution in [0.1, 0.15) is 5.56 Å². The summed E-state index contributed by atoms with van der Waals surface area (Å²) >= 11 is 0. The number of quaternary nitrogens is 2. The van der Waals surface area contributed by atoms with E-state index in [0.717, 1.165) is 49.8 Å². The zero-order valence-corrected chi connectivity index (χ0v) is 18.9. The van der Waals surface area contributed by atoms with Crippen LogP contribution in [0.3, 0.4) is 0 Å². The van der Waals surface area contributed by atoms with Gasteiger partial charge in [0.25, 0.3) is 5.91 Å². The van der Waals surface area contributed by atoms with Gasteiger partial charge in [-0.2, -0.15) is 0 Å². The molecule has 0 radical (unpaired) electrons. The van der Waals surface area contributed by atoms with Gasteiger partial charge in [0, 0.05) is 6.42 Å².